The molecule has 0 aliphatic carbocycles. The number of hydrogen-bond acceptors (Lipinski definition) is 6. The Bertz CT molecular complexity index is 655. The van der Waals surface area contributed by atoms with Crippen molar-refractivity contribution in [3.05, 3.63) is 35.9 Å². The molecule has 1 fully saturated rings. The molecule has 2 rings (SSSR count). The van der Waals surface area contributed by atoms with E-state index in [1.807, 2.05) is 30.3 Å². The van der Waals surface area contributed by atoms with Crippen LogP contribution in [0.5, 0.6) is 0 Å². The van der Waals surface area contributed by atoms with Crippen LogP contribution in [0.2, 0.25) is 0 Å². The van der Waals surface area contributed by atoms with Gasteiger partial charge in [-0.1, -0.05) is 30.3 Å². The summed E-state index contributed by atoms with van der Waals surface area (Å²) in [6.45, 7) is -0.601. The normalized spacial score (nSPS) is 17.7. The van der Waals surface area contributed by atoms with E-state index in [2.05, 4.69) is 5.32 Å². The van der Waals surface area contributed by atoms with Gasteiger partial charge in [0.05, 0.1) is 12.5 Å². The Morgan fingerprint density at radius 3 is 2.52 bits per heavy atom. The first kappa shape index (κ1) is 20.6. The molecular weight excluding hydrogens is 352 g/mol. The molecule has 4 amide bonds. The van der Waals surface area contributed by atoms with Gasteiger partial charge in [-0.15, -0.1) is 12.4 Å². The molecular formula is C15H19ClN4O5. The van der Waals surface area contributed by atoms with Gasteiger partial charge in [0.15, 0.2) is 0 Å². The fourth-order valence-corrected chi connectivity index (χ4v) is 2.38. The molecule has 0 bridgehead atoms. The number of imide groups is 1. The molecule has 25 heavy (non-hydrogen) atoms. The third-order valence-corrected chi connectivity index (χ3v) is 3.62. The lowest BCUT2D eigenvalue weighted by Crippen LogP contribution is -2.49. The summed E-state index contributed by atoms with van der Waals surface area (Å²) in [5, 5.41) is 10.9. The van der Waals surface area contributed by atoms with Gasteiger partial charge in [-0.25, -0.2) is 5.48 Å². The van der Waals surface area contributed by atoms with Crippen LogP contribution in [0.15, 0.2) is 30.3 Å². The van der Waals surface area contributed by atoms with E-state index in [0.29, 0.717) is 4.90 Å². The molecule has 0 radical (unpaired) electrons. The van der Waals surface area contributed by atoms with Crippen molar-refractivity contribution in [2.45, 2.75) is 24.9 Å². The topological polar surface area (TPSA) is 142 Å². The van der Waals surface area contributed by atoms with Crippen molar-refractivity contribution < 1.29 is 24.4 Å². The zero-order valence-corrected chi connectivity index (χ0v) is 14.0. The number of rotatable bonds is 6. The van der Waals surface area contributed by atoms with Crippen molar-refractivity contribution in [3.8, 4) is 0 Å². The van der Waals surface area contributed by atoms with Crippen LogP contribution in [0.4, 0.5) is 0 Å². The highest BCUT2D eigenvalue weighted by Crippen LogP contribution is 2.13. The number of nitrogens with one attached hydrogen (secondary N) is 2. The molecule has 9 nitrogen and oxygen atoms in total. The van der Waals surface area contributed by atoms with Crippen molar-refractivity contribution >= 4 is 36.0 Å². The van der Waals surface area contributed by atoms with Crippen molar-refractivity contribution in [1.82, 2.24) is 15.7 Å². The van der Waals surface area contributed by atoms with Gasteiger partial charge in [-0.3, -0.25) is 29.3 Å². The fraction of sp³-hybridized carbons (Fsp3) is 0.333. The molecule has 5 N–H and O–H groups in total. The Balaban J connectivity index is 0.00000312. The van der Waals surface area contributed by atoms with E-state index in [1.54, 1.807) is 0 Å². The van der Waals surface area contributed by atoms with Gasteiger partial charge in [0.25, 0.3) is 11.8 Å². The second-order valence-corrected chi connectivity index (χ2v) is 5.41. The molecule has 10 heteroatoms. The zero-order chi connectivity index (χ0) is 17.7. The van der Waals surface area contributed by atoms with Crippen LogP contribution in [0.1, 0.15) is 12.0 Å². The lowest BCUT2D eigenvalue weighted by molar-refractivity contribution is -0.145. The Morgan fingerprint density at radius 1 is 1.28 bits per heavy atom. The lowest BCUT2D eigenvalue weighted by atomic mass is 10.1. The van der Waals surface area contributed by atoms with Crippen LogP contribution in [-0.2, 0) is 25.6 Å². The minimum Gasteiger partial charge on any atom is -0.342 e. The standard InChI is InChI=1S/C15H18N4O5.ClH/c16-10(6-9-4-2-1-3-5-9)14(22)17-11-7-13(21)19(15(11)23)8-12(20)18-24;/h1-5,10-11,24H,6-8,16H2,(H,17,22)(H,18,20);1H/t10?,11-;/m0./s1. The number of hydrogen-bond donors (Lipinski definition) is 4. The number of likely N-dealkylation sites (tertiary alicyclic amines) is 1. The molecule has 0 spiro atoms. The first-order chi connectivity index (χ1) is 11.4. The van der Waals surface area contributed by atoms with Crippen LogP contribution in [-0.4, -0.2) is 52.4 Å². The van der Waals surface area contributed by atoms with Gasteiger partial charge >= 0.3 is 0 Å². The predicted octanol–water partition coefficient (Wildman–Crippen LogP) is -1.27. The maximum absolute atomic E-state index is 12.1. The van der Waals surface area contributed by atoms with Crippen LogP contribution < -0.4 is 16.5 Å². The van der Waals surface area contributed by atoms with Gasteiger partial charge in [0.2, 0.25) is 11.8 Å². The highest BCUT2D eigenvalue weighted by molar-refractivity contribution is 6.08. The predicted molar refractivity (Wildman–Crippen MR) is 88.6 cm³/mol. The molecule has 1 aromatic rings. The molecule has 0 aromatic heterocycles. The van der Waals surface area contributed by atoms with E-state index >= 15 is 0 Å². The summed E-state index contributed by atoms with van der Waals surface area (Å²) >= 11 is 0. The molecule has 1 aliphatic heterocycles. The van der Waals surface area contributed by atoms with Crippen molar-refractivity contribution in [3.63, 3.8) is 0 Å². The van der Waals surface area contributed by atoms with E-state index in [1.165, 1.54) is 5.48 Å². The van der Waals surface area contributed by atoms with Crippen LogP contribution in [0.25, 0.3) is 0 Å². The number of halogens is 1. The molecule has 1 aliphatic rings. The fourth-order valence-electron chi connectivity index (χ4n) is 2.38. The first-order valence-corrected chi connectivity index (χ1v) is 7.29. The quantitative estimate of drug-likeness (QED) is 0.279. The summed E-state index contributed by atoms with van der Waals surface area (Å²) in [5.41, 5.74) is 8.04. The van der Waals surface area contributed by atoms with Gasteiger partial charge < -0.3 is 11.1 Å². The minimum absolute atomic E-state index is 0. The SMILES string of the molecule is Cl.NC(Cc1ccccc1)C(=O)N[C@H]1CC(=O)N(CC(=O)NO)C1=O. The van der Waals surface area contributed by atoms with Gasteiger partial charge in [0.1, 0.15) is 12.6 Å². The molecule has 136 valence electrons. The number of carbonyl (C=O) groups is 4. The first-order valence-electron chi connectivity index (χ1n) is 7.29. The van der Waals surface area contributed by atoms with Gasteiger partial charge in [-0.05, 0) is 12.0 Å². The number of nitrogens with zero attached hydrogens (tertiary/aromatic N) is 1. The van der Waals surface area contributed by atoms with E-state index in [-0.39, 0.29) is 25.2 Å². The third kappa shape index (κ3) is 5.24. The van der Waals surface area contributed by atoms with Crippen molar-refractivity contribution in [1.29, 1.82) is 0 Å². The summed E-state index contributed by atoms with van der Waals surface area (Å²) in [7, 11) is 0. The number of benzene rings is 1. The Morgan fingerprint density at radius 2 is 1.92 bits per heavy atom. The summed E-state index contributed by atoms with van der Waals surface area (Å²) in [6.07, 6.45) is 0.0412. The molecule has 1 unspecified atom stereocenters. The largest absolute Gasteiger partial charge is 0.342 e. The smallest absolute Gasteiger partial charge is 0.263 e. The monoisotopic (exact) mass is 370 g/mol. The highest BCUT2D eigenvalue weighted by Gasteiger charge is 2.40. The molecule has 2 atom stereocenters. The average molecular weight is 371 g/mol. The Kier molecular flexibility index (Phi) is 7.49. The van der Waals surface area contributed by atoms with E-state index < -0.39 is 42.3 Å². The summed E-state index contributed by atoms with van der Waals surface area (Å²) in [5.74, 6) is -2.77. The van der Waals surface area contributed by atoms with Crippen LogP contribution in [0.3, 0.4) is 0 Å². The molecule has 1 saturated heterocycles. The summed E-state index contributed by atoms with van der Waals surface area (Å²) in [6, 6.07) is 7.21. The molecule has 0 saturated carbocycles. The number of amides is 4. The minimum atomic E-state index is -1.06. The Labute approximate surface area is 149 Å². The van der Waals surface area contributed by atoms with E-state index in [0.717, 1.165) is 5.56 Å². The number of hydroxylamine groups is 1. The van der Waals surface area contributed by atoms with Crippen LogP contribution in [0, 0.1) is 0 Å². The van der Waals surface area contributed by atoms with Crippen LogP contribution >= 0.6 is 12.4 Å². The molecule has 1 heterocycles. The average Bonchev–Trinajstić information content (AvgIpc) is 2.83. The van der Waals surface area contributed by atoms with E-state index in [4.69, 9.17) is 10.9 Å². The number of nitrogens with two attached hydrogens (primary N) is 1. The second-order valence-electron chi connectivity index (χ2n) is 5.41. The van der Waals surface area contributed by atoms with Gasteiger partial charge in [0, 0.05) is 0 Å². The zero-order valence-electron chi connectivity index (χ0n) is 13.2. The number of carbonyl (C=O) groups excluding carboxylic acids is 4. The summed E-state index contributed by atoms with van der Waals surface area (Å²) in [4.78, 5) is 47.7. The second kappa shape index (κ2) is 9.11. The maximum Gasteiger partial charge on any atom is 0.263 e. The lowest BCUT2D eigenvalue weighted by Gasteiger charge is -2.16. The molecule has 1 aromatic carbocycles. The Hall–Kier alpha value is -2.49. The van der Waals surface area contributed by atoms with Crippen molar-refractivity contribution in [2.24, 2.45) is 5.73 Å². The highest BCUT2D eigenvalue weighted by atomic mass is 35.5. The van der Waals surface area contributed by atoms with Gasteiger partial charge in [-0.2, -0.15) is 0 Å². The summed E-state index contributed by atoms with van der Waals surface area (Å²) < 4.78 is 0. The van der Waals surface area contributed by atoms with E-state index in [9.17, 15) is 19.2 Å². The van der Waals surface area contributed by atoms with Crippen molar-refractivity contribution in [2.75, 3.05) is 6.54 Å². The maximum atomic E-state index is 12.1. The third-order valence-electron chi connectivity index (χ3n) is 3.62.